The Bertz CT molecular complexity index is 768. The number of carbonyl (C=O) groups is 2. The summed E-state index contributed by atoms with van der Waals surface area (Å²) in [5.41, 5.74) is -0.991. The van der Waals surface area contributed by atoms with Crippen molar-refractivity contribution < 1.29 is 24.2 Å². The molecule has 1 spiro atoms. The summed E-state index contributed by atoms with van der Waals surface area (Å²) in [7, 11) is 1.40. The maximum atomic E-state index is 13.0. The van der Waals surface area contributed by atoms with Crippen LogP contribution in [0.3, 0.4) is 0 Å². The first-order valence-electron chi connectivity index (χ1n) is 9.17. The summed E-state index contributed by atoms with van der Waals surface area (Å²) in [5.74, 6) is -1.15. The van der Waals surface area contributed by atoms with Gasteiger partial charge in [0.15, 0.2) is 0 Å². The first-order chi connectivity index (χ1) is 11.7. The monoisotopic (exact) mass is 344 g/mol. The lowest BCUT2D eigenvalue weighted by Crippen LogP contribution is -2.46. The van der Waals surface area contributed by atoms with Crippen LogP contribution in [0.15, 0.2) is 23.8 Å². The van der Waals surface area contributed by atoms with E-state index in [2.05, 4.69) is 6.58 Å². The number of aliphatic hydroxyl groups is 1. The molecule has 4 aliphatic carbocycles. The minimum atomic E-state index is -0.954. The second-order valence-corrected chi connectivity index (χ2v) is 9.00. The van der Waals surface area contributed by atoms with Crippen molar-refractivity contribution >= 4 is 11.9 Å². The predicted octanol–water partition coefficient (Wildman–Crippen LogP) is 2.29. The molecule has 5 heteroatoms. The number of methoxy groups -OCH3 is 1. The summed E-state index contributed by atoms with van der Waals surface area (Å²) in [6.45, 7) is 6.06. The van der Waals surface area contributed by atoms with E-state index in [1.807, 2.05) is 13.0 Å². The van der Waals surface area contributed by atoms with Crippen molar-refractivity contribution in [1.82, 2.24) is 0 Å². The average molecular weight is 344 g/mol. The molecular weight excluding hydrogens is 320 g/mol. The second kappa shape index (κ2) is 4.20. The van der Waals surface area contributed by atoms with E-state index in [9.17, 15) is 14.7 Å². The lowest BCUT2D eigenvalue weighted by atomic mass is 9.60. The zero-order valence-electron chi connectivity index (χ0n) is 14.8. The van der Waals surface area contributed by atoms with Gasteiger partial charge in [0.1, 0.15) is 5.60 Å². The molecule has 0 unspecified atom stereocenters. The Balaban J connectivity index is 1.79. The van der Waals surface area contributed by atoms with Crippen LogP contribution in [0.4, 0.5) is 0 Å². The molecule has 4 bridgehead atoms. The third-order valence-corrected chi connectivity index (χ3v) is 7.99. The molecule has 4 fully saturated rings. The van der Waals surface area contributed by atoms with Crippen LogP contribution in [0, 0.1) is 22.7 Å². The molecule has 25 heavy (non-hydrogen) atoms. The highest BCUT2D eigenvalue weighted by molar-refractivity contribution is 5.87. The molecular formula is C20H24O5. The number of ether oxygens (including phenoxy) is 2. The van der Waals surface area contributed by atoms with Crippen molar-refractivity contribution in [1.29, 1.82) is 0 Å². The summed E-state index contributed by atoms with van der Waals surface area (Å²) in [6.07, 6.45) is 5.98. The number of fused-ring (bicyclic) bond motifs is 1. The minimum absolute atomic E-state index is 0.183. The van der Waals surface area contributed by atoms with Crippen LogP contribution < -0.4 is 0 Å². The molecule has 0 aromatic rings. The molecule has 1 heterocycles. The first-order valence-corrected chi connectivity index (χ1v) is 9.17. The molecule has 1 aliphatic heterocycles. The van der Waals surface area contributed by atoms with Gasteiger partial charge in [-0.15, -0.1) is 0 Å². The van der Waals surface area contributed by atoms with E-state index in [1.54, 1.807) is 0 Å². The Labute approximate surface area is 147 Å². The van der Waals surface area contributed by atoms with Crippen LogP contribution in [0.5, 0.6) is 0 Å². The quantitative estimate of drug-likeness (QED) is 0.584. The van der Waals surface area contributed by atoms with Gasteiger partial charge in [0.2, 0.25) is 0 Å². The minimum Gasteiger partial charge on any atom is -0.469 e. The number of hydrogen-bond acceptors (Lipinski definition) is 5. The molecule has 134 valence electrons. The van der Waals surface area contributed by atoms with Gasteiger partial charge in [-0.05, 0) is 56.6 Å². The Morgan fingerprint density at radius 2 is 2.20 bits per heavy atom. The van der Waals surface area contributed by atoms with Crippen molar-refractivity contribution in [3.8, 4) is 0 Å². The molecule has 1 N–H and O–H groups in total. The average Bonchev–Trinajstić information content (AvgIpc) is 2.95. The number of carbonyl (C=O) groups excluding carboxylic acids is 2. The molecule has 5 nitrogen and oxygen atoms in total. The first kappa shape index (κ1) is 15.6. The predicted molar refractivity (Wildman–Crippen MR) is 88.2 cm³/mol. The molecule has 5 rings (SSSR count). The molecule has 0 radical (unpaired) electrons. The van der Waals surface area contributed by atoms with Crippen molar-refractivity contribution in [2.45, 2.75) is 56.7 Å². The van der Waals surface area contributed by atoms with Crippen LogP contribution in [0.2, 0.25) is 0 Å². The number of rotatable bonds is 1. The molecule has 0 amide bonds. The summed E-state index contributed by atoms with van der Waals surface area (Å²) in [6, 6.07) is 0. The lowest BCUT2D eigenvalue weighted by Gasteiger charge is -2.39. The number of hydrogen-bond donors (Lipinski definition) is 1. The summed E-state index contributed by atoms with van der Waals surface area (Å²) >= 11 is 0. The number of esters is 2. The van der Waals surface area contributed by atoms with Gasteiger partial charge in [0, 0.05) is 11.3 Å². The third-order valence-electron chi connectivity index (χ3n) is 7.99. The van der Waals surface area contributed by atoms with Crippen LogP contribution in [-0.4, -0.2) is 35.4 Å². The summed E-state index contributed by atoms with van der Waals surface area (Å²) in [4.78, 5) is 25.7. The Morgan fingerprint density at radius 1 is 1.44 bits per heavy atom. The van der Waals surface area contributed by atoms with Gasteiger partial charge in [-0.25, -0.2) is 0 Å². The van der Waals surface area contributed by atoms with Gasteiger partial charge in [0.25, 0.3) is 0 Å². The second-order valence-electron chi connectivity index (χ2n) is 9.00. The van der Waals surface area contributed by atoms with Gasteiger partial charge < -0.3 is 14.6 Å². The maximum absolute atomic E-state index is 13.0. The van der Waals surface area contributed by atoms with Crippen molar-refractivity contribution in [2.75, 3.05) is 7.11 Å². The standard InChI is InChI=1S/C20H24O5/c1-11-9-18-10-19(11,23)8-5-12(18)20-7-4-6-17(2,16(22)25-20)14(20)13(18)15(21)24-3/h5,13-14,23H,1,4,6-10H2,2-3H3/t13-,14-,17+,18+,19+,20-/m1/s1. The van der Waals surface area contributed by atoms with Crippen molar-refractivity contribution in [3.05, 3.63) is 23.8 Å². The van der Waals surface area contributed by atoms with Crippen molar-refractivity contribution in [3.63, 3.8) is 0 Å². The zero-order chi connectivity index (χ0) is 17.8. The summed E-state index contributed by atoms with van der Waals surface area (Å²) in [5, 5.41) is 11.0. The largest absolute Gasteiger partial charge is 0.469 e. The van der Waals surface area contributed by atoms with E-state index in [0.29, 0.717) is 19.3 Å². The highest BCUT2D eigenvalue weighted by atomic mass is 16.6. The van der Waals surface area contributed by atoms with Crippen LogP contribution in [-0.2, 0) is 19.1 Å². The van der Waals surface area contributed by atoms with E-state index in [-0.39, 0.29) is 17.9 Å². The van der Waals surface area contributed by atoms with Crippen LogP contribution >= 0.6 is 0 Å². The molecule has 1 saturated heterocycles. The van der Waals surface area contributed by atoms with E-state index >= 15 is 0 Å². The molecule has 5 aliphatic rings. The fourth-order valence-corrected chi connectivity index (χ4v) is 7.09. The van der Waals surface area contributed by atoms with Gasteiger partial charge in [-0.3, -0.25) is 9.59 Å². The van der Waals surface area contributed by atoms with E-state index in [4.69, 9.17) is 9.47 Å². The van der Waals surface area contributed by atoms with E-state index < -0.39 is 27.9 Å². The van der Waals surface area contributed by atoms with Crippen LogP contribution in [0.25, 0.3) is 0 Å². The van der Waals surface area contributed by atoms with Gasteiger partial charge in [-0.1, -0.05) is 12.7 Å². The normalized spacial score (nSPS) is 52.4. The Kier molecular flexibility index (Phi) is 2.62. The molecule has 3 saturated carbocycles. The fraction of sp³-hybridized carbons (Fsp3) is 0.700. The third kappa shape index (κ3) is 1.44. The maximum Gasteiger partial charge on any atom is 0.313 e. The van der Waals surface area contributed by atoms with Crippen LogP contribution in [0.1, 0.15) is 45.4 Å². The Hall–Kier alpha value is -1.62. The highest BCUT2D eigenvalue weighted by Gasteiger charge is 2.81. The lowest BCUT2D eigenvalue weighted by molar-refractivity contribution is -0.154. The molecule has 6 atom stereocenters. The van der Waals surface area contributed by atoms with Gasteiger partial charge in [-0.2, -0.15) is 0 Å². The smallest absolute Gasteiger partial charge is 0.313 e. The van der Waals surface area contributed by atoms with Gasteiger partial charge >= 0.3 is 11.9 Å². The zero-order valence-corrected chi connectivity index (χ0v) is 14.8. The molecule has 0 aromatic carbocycles. The van der Waals surface area contributed by atoms with E-state index in [1.165, 1.54) is 7.11 Å². The van der Waals surface area contributed by atoms with Crippen molar-refractivity contribution in [2.24, 2.45) is 22.7 Å². The summed E-state index contributed by atoms with van der Waals surface area (Å²) < 4.78 is 11.3. The fourth-order valence-electron chi connectivity index (χ4n) is 7.09. The van der Waals surface area contributed by atoms with Gasteiger partial charge in [0.05, 0.1) is 24.0 Å². The van der Waals surface area contributed by atoms with E-state index in [0.717, 1.165) is 30.4 Å². The highest BCUT2D eigenvalue weighted by Crippen LogP contribution is 2.77. The SMILES string of the molecule is C=C1C[C@]23C[C@@]1(O)CC=C2[C@@]12CCC[C@](C)(C(=O)O1)[C@H]2[C@@H]3C(=O)OC. The topological polar surface area (TPSA) is 72.8 Å². The molecule has 0 aromatic heterocycles. The Morgan fingerprint density at radius 3 is 2.92 bits per heavy atom.